The Balaban J connectivity index is 2.02. The number of pyridine rings is 1. The lowest BCUT2D eigenvalue weighted by Crippen LogP contribution is -2.10. The van der Waals surface area contributed by atoms with E-state index in [0.717, 1.165) is 16.9 Å². The standard InChI is InChI=1S/C13H11N3O3S/c1-9-3-2-8-14-13(9)15-11(17)6-4-10-5-7-12(20-10)16(18)19/h2-8H,1H3,(H,14,15,17)/b6-4+. The summed E-state index contributed by atoms with van der Waals surface area (Å²) in [5, 5.41) is 13.2. The molecule has 0 saturated carbocycles. The minimum absolute atomic E-state index is 0.0469. The van der Waals surface area contributed by atoms with Crippen LogP contribution in [0.1, 0.15) is 10.4 Å². The zero-order chi connectivity index (χ0) is 14.5. The van der Waals surface area contributed by atoms with Gasteiger partial charge in [-0.05, 0) is 30.7 Å². The van der Waals surface area contributed by atoms with Gasteiger partial charge in [0.2, 0.25) is 5.91 Å². The van der Waals surface area contributed by atoms with Gasteiger partial charge in [0.1, 0.15) is 5.82 Å². The number of nitro groups is 1. The summed E-state index contributed by atoms with van der Waals surface area (Å²) in [4.78, 5) is 26.5. The smallest absolute Gasteiger partial charge is 0.307 e. The van der Waals surface area contributed by atoms with Crippen LogP contribution in [0.15, 0.2) is 36.5 Å². The Morgan fingerprint density at radius 2 is 2.25 bits per heavy atom. The Morgan fingerprint density at radius 1 is 1.45 bits per heavy atom. The van der Waals surface area contributed by atoms with E-state index in [2.05, 4.69) is 10.3 Å². The van der Waals surface area contributed by atoms with Crippen LogP contribution in [0.5, 0.6) is 0 Å². The van der Waals surface area contributed by atoms with Crippen molar-refractivity contribution in [3.63, 3.8) is 0 Å². The predicted molar refractivity (Wildman–Crippen MR) is 77.6 cm³/mol. The maximum absolute atomic E-state index is 11.7. The van der Waals surface area contributed by atoms with Crippen LogP contribution in [-0.4, -0.2) is 15.8 Å². The fourth-order valence-corrected chi connectivity index (χ4v) is 2.19. The second-order valence-electron chi connectivity index (χ2n) is 3.92. The monoisotopic (exact) mass is 289 g/mol. The molecule has 7 heteroatoms. The summed E-state index contributed by atoms with van der Waals surface area (Å²) in [5.74, 6) is 0.169. The van der Waals surface area contributed by atoms with Gasteiger partial charge in [0.25, 0.3) is 0 Å². The number of aromatic nitrogens is 1. The SMILES string of the molecule is Cc1cccnc1NC(=O)/C=C/c1ccc([N+](=O)[O-])s1. The molecule has 2 aromatic rings. The van der Waals surface area contributed by atoms with E-state index >= 15 is 0 Å². The number of carbonyl (C=O) groups is 1. The molecule has 0 unspecified atom stereocenters. The Bertz CT molecular complexity index is 679. The van der Waals surface area contributed by atoms with Crippen molar-refractivity contribution in [3.8, 4) is 0 Å². The summed E-state index contributed by atoms with van der Waals surface area (Å²) < 4.78 is 0. The molecule has 1 amide bonds. The summed E-state index contributed by atoms with van der Waals surface area (Å²) in [5.41, 5.74) is 0.862. The van der Waals surface area contributed by atoms with E-state index in [-0.39, 0.29) is 10.9 Å². The second kappa shape index (κ2) is 6.07. The molecule has 2 aromatic heterocycles. The highest BCUT2D eigenvalue weighted by Crippen LogP contribution is 2.24. The molecule has 2 rings (SSSR count). The van der Waals surface area contributed by atoms with Crippen molar-refractivity contribution in [1.29, 1.82) is 0 Å². The summed E-state index contributed by atoms with van der Waals surface area (Å²) in [6, 6.07) is 6.63. The van der Waals surface area contributed by atoms with Crippen molar-refractivity contribution >= 4 is 34.1 Å². The quantitative estimate of drug-likeness (QED) is 0.532. The molecule has 0 aliphatic carbocycles. The molecular weight excluding hydrogens is 278 g/mol. The first kappa shape index (κ1) is 13.9. The van der Waals surface area contributed by atoms with E-state index in [1.165, 1.54) is 18.2 Å². The molecule has 0 bridgehead atoms. The average Bonchev–Trinajstić information content (AvgIpc) is 2.88. The van der Waals surface area contributed by atoms with Crippen molar-refractivity contribution < 1.29 is 9.72 Å². The van der Waals surface area contributed by atoms with E-state index in [1.54, 1.807) is 18.3 Å². The van der Waals surface area contributed by atoms with Crippen molar-refractivity contribution in [3.05, 3.63) is 57.1 Å². The molecule has 0 radical (unpaired) electrons. The van der Waals surface area contributed by atoms with E-state index in [9.17, 15) is 14.9 Å². The third-order valence-electron chi connectivity index (χ3n) is 2.44. The fourth-order valence-electron chi connectivity index (χ4n) is 1.46. The molecule has 0 aromatic carbocycles. The van der Waals surface area contributed by atoms with Crippen LogP contribution in [0.3, 0.4) is 0 Å². The average molecular weight is 289 g/mol. The molecule has 0 aliphatic heterocycles. The first-order valence-electron chi connectivity index (χ1n) is 5.71. The number of aryl methyl sites for hydroxylation is 1. The normalized spacial score (nSPS) is 10.7. The van der Waals surface area contributed by atoms with Crippen LogP contribution in [-0.2, 0) is 4.79 Å². The highest BCUT2D eigenvalue weighted by Gasteiger charge is 2.08. The summed E-state index contributed by atoms with van der Waals surface area (Å²) >= 11 is 1.01. The zero-order valence-electron chi connectivity index (χ0n) is 10.6. The van der Waals surface area contributed by atoms with Gasteiger partial charge in [-0.1, -0.05) is 17.4 Å². The van der Waals surface area contributed by atoms with Gasteiger partial charge >= 0.3 is 5.00 Å². The minimum Gasteiger partial charge on any atom is -0.307 e. The summed E-state index contributed by atoms with van der Waals surface area (Å²) in [6.45, 7) is 1.84. The van der Waals surface area contributed by atoms with Gasteiger partial charge in [-0.25, -0.2) is 4.98 Å². The Morgan fingerprint density at radius 3 is 2.90 bits per heavy atom. The Hall–Kier alpha value is -2.54. The number of nitrogens with zero attached hydrogens (tertiary/aromatic N) is 2. The molecular formula is C13H11N3O3S. The van der Waals surface area contributed by atoms with Crippen molar-refractivity contribution in [2.45, 2.75) is 6.92 Å². The van der Waals surface area contributed by atoms with Crippen LogP contribution in [0.4, 0.5) is 10.8 Å². The largest absolute Gasteiger partial charge is 0.324 e. The number of anilines is 1. The minimum atomic E-state index is -0.459. The van der Waals surface area contributed by atoms with Crippen molar-refractivity contribution in [2.24, 2.45) is 0 Å². The van der Waals surface area contributed by atoms with Crippen LogP contribution in [0.25, 0.3) is 6.08 Å². The number of rotatable bonds is 4. The van der Waals surface area contributed by atoms with Gasteiger partial charge in [0.05, 0.1) is 4.92 Å². The van der Waals surface area contributed by atoms with Crippen LogP contribution < -0.4 is 5.32 Å². The maximum Gasteiger partial charge on any atom is 0.324 e. The number of nitrogens with one attached hydrogen (secondary N) is 1. The van der Waals surface area contributed by atoms with Gasteiger partial charge in [-0.15, -0.1) is 0 Å². The molecule has 1 N–H and O–H groups in total. The van der Waals surface area contributed by atoms with Gasteiger partial charge in [-0.3, -0.25) is 14.9 Å². The van der Waals surface area contributed by atoms with Crippen molar-refractivity contribution in [2.75, 3.05) is 5.32 Å². The molecule has 20 heavy (non-hydrogen) atoms. The molecule has 102 valence electrons. The molecule has 0 spiro atoms. The molecule has 0 saturated heterocycles. The van der Waals surface area contributed by atoms with Crippen molar-refractivity contribution in [1.82, 2.24) is 4.98 Å². The molecule has 0 fully saturated rings. The lowest BCUT2D eigenvalue weighted by atomic mass is 10.3. The number of thiophene rings is 1. The highest BCUT2D eigenvalue weighted by atomic mass is 32.1. The Kier molecular flexibility index (Phi) is 4.21. The molecule has 2 heterocycles. The third-order valence-corrected chi connectivity index (χ3v) is 3.44. The van der Waals surface area contributed by atoms with E-state index in [4.69, 9.17) is 0 Å². The van der Waals surface area contributed by atoms with E-state index < -0.39 is 4.92 Å². The first-order valence-corrected chi connectivity index (χ1v) is 6.53. The zero-order valence-corrected chi connectivity index (χ0v) is 11.4. The number of carbonyl (C=O) groups excluding carboxylic acids is 1. The van der Waals surface area contributed by atoms with Gasteiger partial charge in [-0.2, -0.15) is 0 Å². The maximum atomic E-state index is 11.7. The number of hydrogen-bond donors (Lipinski definition) is 1. The summed E-state index contributed by atoms with van der Waals surface area (Å²) in [6.07, 6.45) is 4.45. The van der Waals surface area contributed by atoms with Crippen LogP contribution >= 0.6 is 11.3 Å². The first-order chi connectivity index (χ1) is 9.56. The summed E-state index contributed by atoms with van der Waals surface area (Å²) in [7, 11) is 0. The van der Waals surface area contributed by atoms with Gasteiger partial charge in [0.15, 0.2) is 0 Å². The second-order valence-corrected chi connectivity index (χ2v) is 5.02. The molecule has 6 nitrogen and oxygen atoms in total. The Labute approximate surface area is 118 Å². The number of amides is 1. The van der Waals surface area contributed by atoms with Gasteiger partial charge < -0.3 is 5.32 Å². The predicted octanol–water partition coefficient (Wildman–Crippen LogP) is 3.01. The van der Waals surface area contributed by atoms with Gasteiger partial charge in [0, 0.05) is 23.2 Å². The number of hydrogen-bond acceptors (Lipinski definition) is 5. The molecule has 0 atom stereocenters. The lowest BCUT2D eigenvalue weighted by Gasteiger charge is -2.03. The highest BCUT2D eigenvalue weighted by molar-refractivity contribution is 7.16. The van der Waals surface area contributed by atoms with E-state index in [1.807, 2.05) is 13.0 Å². The van der Waals surface area contributed by atoms with Crippen LogP contribution in [0, 0.1) is 17.0 Å². The van der Waals surface area contributed by atoms with Crippen LogP contribution in [0.2, 0.25) is 0 Å². The van der Waals surface area contributed by atoms with E-state index in [0.29, 0.717) is 10.7 Å². The topological polar surface area (TPSA) is 85.1 Å². The lowest BCUT2D eigenvalue weighted by molar-refractivity contribution is -0.380. The molecule has 0 aliphatic rings. The fraction of sp³-hybridized carbons (Fsp3) is 0.0769. The third kappa shape index (κ3) is 3.48.